The predicted molar refractivity (Wildman–Crippen MR) is 98.2 cm³/mol. The highest BCUT2D eigenvalue weighted by atomic mass is 16.1. The SMILES string of the molecule is O=C(Nc1cccc2cnccc12)[C@H]1CNC[C@@H]1Cc1cccnc1. The number of rotatable bonds is 4. The molecular formula is C20H20N4O. The third-order valence-corrected chi connectivity index (χ3v) is 4.84. The van der Waals surface area contributed by atoms with Crippen LogP contribution in [0.25, 0.3) is 10.8 Å². The van der Waals surface area contributed by atoms with E-state index in [0.29, 0.717) is 6.54 Å². The van der Waals surface area contributed by atoms with Crippen molar-refractivity contribution in [3.8, 4) is 0 Å². The molecule has 0 bridgehead atoms. The van der Waals surface area contributed by atoms with Gasteiger partial charge < -0.3 is 10.6 Å². The van der Waals surface area contributed by atoms with Gasteiger partial charge in [-0.15, -0.1) is 0 Å². The van der Waals surface area contributed by atoms with Crippen LogP contribution in [0.1, 0.15) is 5.56 Å². The zero-order chi connectivity index (χ0) is 17.1. The zero-order valence-corrected chi connectivity index (χ0v) is 13.9. The van der Waals surface area contributed by atoms with Crippen LogP contribution >= 0.6 is 0 Å². The second-order valence-electron chi connectivity index (χ2n) is 6.48. The minimum Gasteiger partial charge on any atom is -0.325 e. The molecule has 0 saturated carbocycles. The smallest absolute Gasteiger partial charge is 0.229 e. The lowest BCUT2D eigenvalue weighted by Gasteiger charge is -2.19. The van der Waals surface area contributed by atoms with Crippen LogP contribution in [0, 0.1) is 11.8 Å². The molecule has 25 heavy (non-hydrogen) atoms. The number of pyridine rings is 2. The number of amides is 1. The van der Waals surface area contributed by atoms with Crippen LogP contribution in [0.2, 0.25) is 0 Å². The van der Waals surface area contributed by atoms with Gasteiger partial charge in [-0.05, 0) is 42.6 Å². The summed E-state index contributed by atoms with van der Waals surface area (Å²) in [5.41, 5.74) is 2.02. The number of carbonyl (C=O) groups excluding carboxylic acids is 1. The highest BCUT2D eigenvalue weighted by molar-refractivity contribution is 6.02. The summed E-state index contributed by atoms with van der Waals surface area (Å²) < 4.78 is 0. The third kappa shape index (κ3) is 3.37. The van der Waals surface area contributed by atoms with Crippen LogP contribution in [0.4, 0.5) is 5.69 Å². The van der Waals surface area contributed by atoms with E-state index in [1.807, 2.05) is 42.7 Å². The number of aromatic nitrogens is 2. The molecule has 3 aromatic rings. The summed E-state index contributed by atoms with van der Waals surface area (Å²) >= 11 is 0. The summed E-state index contributed by atoms with van der Waals surface area (Å²) in [6, 6.07) is 11.8. The van der Waals surface area contributed by atoms with Crippen LogP contribution in [0.15, 0.2) is 61.2 Å². The van der Waals surface area contributed by atoms with Gasteiger partial charge in [0, 0.05) is 47.8 Å². The van der Waals surface area contributed by atoms with Crippen molar-refractivity contribution in [1.29, 1.82) is 0 Å². The van der Waals surface area contributed by atoms with E-state index in [1.54, 1.807) is 12.4 Å². The van der Waals surface area contributed by atoms with Gasteiger partial charge in [0.15, 0.2) is 0 Å². The molecule has 4 rings (SSSR count). The van der Waals surface area contributed by atoms with E-state index in [9.17, 15) is 4.79 Å². The maximum atomic E-state index is 12.9. The van der Waals surface area contributed by atoms with Crippen LogP contribution in [-0.4, -0.2) is 29.0 Å². The Morgan fingerprint density at radius 1 is 1.08 bits per heavy atom. The number of hydrogen-bond acceptors (Lipinski definition) is 4. The second-order valence-corrected chi connectivity index (χ2v) is 6.48. The molecule has 0 aliphatic carbocycles. The molecule has 2 aromatic heterocycles. The molecule has 0 unspecified atom stereocenters. The summed E-state index contributed by atoms with van der Waals surface area (Å²) in [5.74, 6) is 0.307. The first-order chi connectivity index (χ1) is 12.3. The Labute approximate surface area is 146 Å². The standard InChI is InChI=1S/C20H20N4O/c25-20(24-19-5-1-4-15-11-22-8-6-17(15)19)18-13-23-12-16(18)9-14-3-2-7-21-10-14/h1-8,10-11,16,18,23H,9,12-13H2,(H,24,25)/t16-,18-/m0/s1. The maximum Gasteiger partial charge on any atom is 0.229 e. The molecule has 1 aliphatic rings. The minimum absolute atomic E-state index is 0.0442. The molecule has 1 aliphatic heterocycles. The number of hydrogen-bond donors (Lipinski definition) is 2. The molecule has 126 valence electrons. The Hall–Kier alpha value is -2.79. The molecule has 1 saturated heterocycles. The highest BCUT2D eigenvalue weighted by Gasteiger charge is 2.33. The molecule has 0 spiro atoms. The van der Waals surface area contributed by atoms with Crippen molar-refractivity contribution in [2.45, 2.75) is 6.42 Å². The van der Waals surface area contributed by atoms with Gasteiger partial charge in [-0.25, -0.2) is 0 Å². The van der Waals surface area contributed by atoms with E-state index in [0.717, 1.165) is 29.4 Å². The zero-order valence-electron chi connectivity index (χ0n) is 13.9. The monoisotopic (exact) mass is 332 g/mol. The molecule has 5 nitrogen and oxygen atoms in total. The maximum absolute atomic E-state index is 12.9. The van der Waals surface area contributed by atoms with Crippen molar-refractivity contribution in [2.75, 3.05) is 18.4 Å². The molecule has 1 amide bonds. The summed E-state index contributed by atoms with van der Waals surface area (Å²) in [5, 5.41) is 8.51. The van der Waals surface area contributed by atoms with Gasteiger partial charge in [0.25, 0.3) is 0 Å². The molecule has 0 radical (unpaired) electrons. The molecule has 2 N–H and O–H groups in total. The van der Waals surface area contributed by atoms with E-state index in [-0.39, 0.29) is 17.7 Å². The van der Waals surface area contributed by atoms with Gasteiger partial charge >= 0.3 is 0 Å². The predicted octanol–water partition coefficient (Wildman–Crippen LogP) is 2.65. The largest absolute Gasteiger partial charge is 0.325 e. The normalized spacial score (nSPS) is 19.8. The topological polar surface area (TPSA) is 66.9 Å². The number of anilines is 1. The Kier molecular flexibility index (Phi) is 4.39. The fourth-order valence-electron chi connectivity index (χ4n) is 3.53. The molecule has 5 heteroatoms. The lowest BCUT2D eigenvalue weighted by atomic mass is 9.89. The Balaban J connectivity index is 1.51. The van der Waals surface area contributed by atoms with Gasteiger partial charge in [0.1, 0.15) is 0 Å². The molecule has 1 fully saturated rings. The Morgan fingerprint density at radius 2 is 2.00 bits per heavy atom. The van der Waals surface area contributed by atoms with Crippen LogP contribution in [0.5, 0.6) is 0 Å². The van der Waals surface area contributed by atoms with Crippen LogP contribution < -0.4 is 10.6 Å². The van der Waals surface area contributed by atoms with E-state index in [2.05, 4.69) is 26.7 Å². The molecular weight excluding hydrogens is 312 g/mol. The Bertz CT molecular complexity index is 876. The third-order valence-electron chi connectivity index (χ3n) is 4.84. The van der Waals surface area contributed by atoms with E-state index >= 15 is 0 Å². The first-order valence-electron chi connectivity index (χ1n) is 8.54. The first-order valence-corrected chi connectivity index (χ1v) is 8.54. The second kappa shape index (κ2) is 6.99. The quantitative estimate of drug-likeness (QED) is 0.771. The van der Waals surface area contributed by atoms with Crippen LogP contribution in [-0.2, 0) is 11.2 Å². The molecule has 2 atom stereocenters. The number of carbonyl (C=O) groups is 1. The summed E-state index contributed by atoms with van der Waals surface area (Å²) in [4.78, 5) is 21.2. The van der Waals surface area contributed by atoms with E-state index in [1.165, 1.54) is 5.56 Å². The van der Waals surface area contributed by atoms with Crippen molar-refractivity contribution >= 4 is 22.4 Å². The number of benzene rings is 1. The van der Waals surface area contributed by atoms with Gasteiger partial charge in [-0.2, -0.15) is 0 Å². The number of fused-ring (bicyclic) bond motifs is 1. The molecule has 3 heterocycles. The average Bonchev–Trinajstić information content (AvgIpc) is 3.11. The van der Waals surface area contributed by atoms with Crippen molar-refractivity contribution in [1.82, 2.24) is 15.3 Å². The summed E-state index contributed by atoms with van der Waals surface area (Å²) in [6.45, 7) is 1.57. The fraction of sp³-hybridized carbons (Fsp3) is 0.250. The average molecular weight is 332 g/mol. The van der Waals surface area contributed by atoms with Gasteiger partial charge in [0.05, 0.1) is 5.92 Å². The lowest BCUT2D eigenvalue weighted by molar-refractivity contribution is -0.120. The van der Waals surface area contributed by atoms with E-state index < -0.39 is 0 Å². The fourth-order valence-corrected chi connectivity index (χ4v) is 3.53. The Morgan fingerprint density at radius 3 is 2.88 bits per heavy atom. The van der Waals surface area contributed by atoms with Gasteiger partial charge in [0.2, 0.25) is 5.91 Å². The molecule has 1 aromatic carbocycles. The lowest BCUT2D eigenvalue weighted by Crippen LogP contribution is -2.30. The van der Waals surface area contributed by atoms with E-state index in [4.69, 9.17) is 0 Å². The van der Waals surface area contributed by atoms with Gasteiger partial charge in [-0.3, -0.25) is 14.8 Å². The van der Waals surface area contributed by atoms with Crippen molar-refractivity contribution in [3.63, 3.8) is 0 Å². The van der Waals surface area contributed by atoms with Gasteiger partial charge in [-0.1, -0.05) is 18.2 Å². The number of nitrogens with one attached hydrogen (secondary N) is 2. The first kappa shape index (κ1) is 15.7. The summed E-state index contributed by atoms with van der Waals surface area (Å²) in [6.07, 6.45) is 8.08. The van der Waals surface area contributed by atoms with Crippen molar-refractivity contribution in [2.24, 2.45) is 11.8 Å². The van der Waals surface area contributed by atoms with Crippen molar-refractivity contribution < 1.29 is 4.79 Å². The highest BCUT2D eigenvalue weighted by Crippen LogP contribution is 2.26. The van der Waals surface area contributed by atoms with Crippen molar-refractivity contribution in [3.05, 3.63) is 66.7 Å². The summed E-state index contributed by atoms with van der Waals surface area (Å²) in [7, 11) is 0. The van der Waals surface area contributed by atoms with Crippen LogP contribution in [0.3, 0.4) is 0 Å². The minimum atomic E-state index is -0.0442. The number of nitrogens with zero attached hydrogens (tertiary/aromatic N) is 2.